The third-order valence-electron chi connectivity index (χ3n) is 10.9. The second-order valence-corrected chi connectivity index (χ2v) is 15.5. The molecular formula is C33H41N9O3S. The molecule has 12 nitrogen and oxygen atoms in total. The lowest BCUT2D eigenvalue weighted by Gasteiger charge is -2.39. The Kier molecular flexibility index (Phi) is 6.70. The largest absolute Gasteiger partial charge is 0.389 e. The van der Waals surface area contributed by atoms with Crippen LogP contribution in [0.1, 0.15) is 86.6 Å². The van der Waals surface area contributed by atoms with Crippen molar-refractivity contribution in [1.82, 2.24) is 29.2 Å². The van der Waals surface area contributed by atoms with Crippen LogP contribution in [-0.2, 0) is 31.3 Å². The van der Waals surface area contributed by atoms with E-state index in [-0.39, 0.29) is 18.3 Å². The fourth-order valence-corrected chi connectivity index (χ4v) is 10.1. The first kappa shape index (κ1) is 29.7. The van der Waals surface area contributed by atoms with Gasteiger partial charge < -0.3 is 25.2 Å². The molecule has 1 saturated heterocycles. The van der Waals surface area contributed by atoms with E-state index >= 15 is 0 Å². The molecular weight excluding hydrogens is 602 g/mol. The SMILES string of the molecule is CC(C1CCCN1C)N1CCn2c(=O)n(CC(C)(C)O)c3nc(-c4noc5c4CCCC54CCCc5sc(N)c(C#N)c54)nc1c32. The summed E-state index contributed by atoms with van der Waals surface area (Å²) in [6.07, 6.45) is 7.57. The van der Waals surface area contributed by atoms with E-state index < -0.39 is 11.0 Å². The number of likely N-dealkylation sites (N-methyl/N-ethyl adjacent to an activating group) is 1. The zero-order valence-electron chi connectivity index (χ0n) is 27.0. The third-order valence-corrected chi connectivity index (χ3v) is 12.0. The van der Waals surface area contributed by atoms with Crippen LogP contribution in [-0.4, -0.2) is 72.1 Å². The summed E-state index contributed by atoms with van der Waals surface area (Å²) in [7, 11) is 2.18. The van der Waals surface area contributed by atoms with Gasteiger partial charge in [0.05, 0.1) is 23.1 Å². The number of rotatable bonds is 5. The van der Waals surface area contributed by atoms with Gasteiger partial charge in [-0.15, -0.1) is 11.3 Å². The first-order valence-corrected chi connectivity index (χ1v) is 17.4. The highest BCUT2D eigenvalue weighted by Crippen LogP contribution is 2.55. The first-order chi connectivity index (χ1) is 22.0. The summed E-state index contributed by atoms with van der Waals surface area (Å²) in [6, 6.07) is 2.94. The number of fused-ring (bicyclic) bond motifs is 4. The van der Waals surface area contributed by atoms with E-state index in [0.717, 1.165) is 80.6 Å². The molecule has 0 bridgehead atoms. The number of likely N-dealkylation sites (tertiary alicyclic amines) is 1. The van der Waals surface area contributed by atoms with Crippen molar-refractivity contribution in [3.63, 3.8) is 0 Å². The maximum Gasteiger partial charge on any atom is 0.330 e. The lowest BCUT2D eigenvalue weighted by Crippen LogP contribution is -2.50. The predicted molar refractivity (Wildman–Crippen MR) is 176 cm³/mol. The highest BCUT2D eigenvalue weighted by molar-refractivity contribution is 7.16. The molecule has 0 saturated carbocycles. The van der Waals surface area contributed by atoms with Gasteiger partial charge >= 0.3 is 5.69 Å². The second kappa shape index (κ2) is 10.4. The Bertz CT molecular complexity index is 1970. The van der Waals surface area contributed by atoms with Gasteiger partial charge in [0.25, 0.3) is 0 Å². The Labute approximate surface area is 271 Å². The summed E-state index contributed by atoms with van der Waals surface area (Å²) in [5, 5.41) is 26.2. The van der Waals surface area contributed by atoms with Gasteiger partial charge in [0.2, 0.25) is 0 Å². The summed E-state index contributed by atoms with van der Waals surface area (Å²) in [4.78, 5) is 30.0. The van der Waals surface area contributed by atoms with Gasteiger partial charge in [-0.1, -0.05) is 5.16 Å². The molecule has 3 unspecified atom stereocenters. The van der Waals surface area contributed by atoms with Crippen LogP contribution in [0.5, 0.6) is 0 Å². The summed E-state index contributed by atoms with van der Waals surface area (Å²) >= 11 is 1.53. The molecule has 13 heteroatoms. The Morgan fingerprint density at radius 3 is 2.70 bits per heavy atom. The van der Waals surface area contributed by atoms with Crippen molar-refractivity contribution in [3.8, 4) is 17.6 Å². The quantitative estimate of drug-likeness (QED) is 0.328. The monoisotopic (exact) mass is 643 g/mol. The summed E-state index contributed by atoms with van der Waals surface area (Å²) in [5.74, 6) is 1.95. The number of thiophene rings is 1. The van der Waals surface area contributed by atoms with Crippen LogP contribution in [0.3, 0.4) is 0 Å². The van der Waals surface area contributed by atoms with Gasteiger partial charge in [0, 0.05) is 35.6 Å². The highest BCUT2D eigenvalue weighted by atomic mass is 32.1. The molecule has 2 aliphatic carbocycles. The number of aliphatic hydroxyl groups is 1. The van der Waals surface area contributed by atoms with Crippen LogP contribution in [0.2, 0.25) is 0 Å². The Hall–Kier alpha value is -3.73. The Morgan fingerprint density at radius 2 is 1.98 bits per heavy atom. The number of aromatic nitrogens is 5. The van der Waals surface area contributed by atoms with Crippen LogP contribution in [0.25, 0.3) is 22.7 Å². The van der Waals surface area contributed by atoms with Crippen LogP contribution in [0.15, 0.2) is 9.32 Å². The molecule has 6 heterocycles. The number of hydrogen-bond donors (Lipinski definition) is 2. The van der Waals surface area contributed by atoms with E-state index in [9.17, 15) is 15.2 Å². The molecule has 1 fully saturated rings. The molecule has 0 aromatic carbocycles. The van der Waals surface area contributed by atoms with E-state index in [1.165, 1.54) is 16.2 Å². The second-order valence-electron chi connectivity index (χ2n) is 14.4. The number of aryl methyl sites for hydroxylation is 1. The number of nitrogen functional groups attached to an aromatic ring is 1. The minimum Gasteiger partial charge on any atom is -0.389 e. The summed E-state index contributed by atoms with van der Waals surface area (Å²) < 4.78 is 9.66. The maximum absolute atomic E-state index is 13.8. The minimum absolute atomic E-state index is 0.103. The van der Waals surface area contributed by atoms with Crippen molar-refractivity contribution < 1.29 is 9.63 Å². The van der Waals surface area contributed by atoms with E-state index in [0.29, 0.717) is 52.4 Å². The van der Waals surface area contributed by atoms with Crippen molar-refractivity contribution in [1.29, 1.82) is 5.26 Å². The molecule has 0 amide bonds. The smallest absolute Gasteiger partial charge is 0.330 e. The third kappa shape index (κ3) is 4.22. The number of nitriles is 1. The molecule has 242 valence electrons. The number of hydrogen-bond acceptors (Lipinski definition) is 11. The van der Waals surface area contributed by atoms with Crippen molar-refractivity contribution >= 4 is 33.3 Å². The van der Waals surface area contributed by atoms with Crippen LogP contribution >= 0.6 is 11.3 Å². The van der Waals surface area contributed by atoms with Gasteiger partial charge in [-0.3, -0.25) is 9.13 Å². The Morgan fingerprint density at radius 1 is 1.20 bits per heavy atom. The lowest BCUT2D eigenvalue weighted by molar-refractivity contribution is 0.0613. The van der Waals surface area contributed by atoms with E-state index in [1.807, 2.05) is 0 Å². The van der Waals surface area contributed by atoms with E-state index in [4.69, 9.17) is 20.2 Å². The van der Waals surface area contributed by atoms with Crippen LogP contribution < -0.4 is 16.3 Å². The van der Waals surface area contributed by atoms with Crippen molar-refractivity contribution in [2.75, 3.05) is 30.8 Å². The standard InChI is InChI=1S/C33H41N9O3S/c1-18(21-9-7-13-39(21)4)40-14-15-41-25-29(40)36-28(37-30(25)42(31(41)43)17-32(2,3)44)24-19-8-5-11-33(26(19)45-38-24)12-6-10-22-23(33)20(16-34)27(35)46-22/h18,21,44H,5-15,17,35H2,1-4H3. The van der Waals surface area contributed by atoms with Gasteiger partial charge in [0.15, 0.2) is 28.7 Å². The van der Waals surface area contributed by atoms with Crippen LogP contribution in [0.4, 0.5) is 10.8 Å². The van der Waals surface area contributed by atoms with Crippen molar-refractivity contribution in [3.05, 3.63) is 37.8 Å². The van der Waals surface area contributed by atoms with Gasteiger partial charge in [-0.2, -0.15) is 5.26 Å². The van der Waals surface area contributed by atoms with E-state index in [2.05, 4.69) is 35.0 Å². The van der Waals surface area contributed by atoms with Gasteiger partial charge in [-0.05, 0) is 91.3 Å². The van der Waals surface area contributed by atoms with Crippen molar-refractivity contribution in [2.24, 2.45) is 0 Å². The van der Waals surface area contributed by atoms with Crippen molar-refractivity contribution in [2.45, 2.75) is 108 Å². The molecule has 4 aliphatic rings. The first-order valence-electron chi connectivity index (χ1n) is 16.5. The molecule has 3 atom stereocenters. The number of nitrogens with zero attached hydrogens (tertiary/aromatic N) is 8. The molecule has 4 aromatic rings. The highest BCUT2D eigenvalue weighted by Gasteiger charge is 2.49. The predicted octanol–water partition coefficient (Wildman–Crippen LogP) is 3.80. The summed E-state index contributed by atoms with van der Waals surface area (Å²) in [5.41, 5.74) is 8.97. The minimum atomic E-state index is -1.12. The molecule has 1 spiro atoms. The molecule has 8 rings (SSSR count). The average Bonchev–Trinajstić information content (AvgIpc) is 3.79. The zero-order chi connectivity index (χ0) is 32.1. The molecule has 0 radical (unpaired) electrons. The average molecular weight is 644 g/mol. The van der Waals surface area contributed by atoms with E-state index in [1.54, 1.807) is 23.0 Å². The zero-order valence-corrected chi connectivity index (χ0v) is 27.8. The number of nitrogens with two attached hydrogens (primary N) is 1. The molecule has 4 aromatic heterocycles. The van der Waals surface area contributed by atoms with Crippen LogP contribution in [0, 0.1) is 11.3 Å². The maximum atomic E-state index is 13.8. The fraction of sp³-hybridized carbons (Fsp3) is 0.606. The Balaban J connectivity index is 1.33. The fourth-order valence-electron chi connectivity index (χ4n) is 8.92. The summed E-state index contributed by atoms with van der Waals surface area (Å²) in [6.45, 7) is 8.00. The van der Waals surface area contributed by atoms with Gasteiger partial charge in [0.1, 0.15) is 16.6 Å². The molecule has 2 aliphatic heterocycles. The number of anilines is 2. The van der Waals surface area contributed by atoms with Gasteiger partial charge in [-0.25, -0.2) is 14.8 Å². The topological polar surface area (TPSA) is 155 Å². The molecule has 3 N–H and O–H groups in total. The lowest BCUT2D eigenvalue weighted by atomic mass is 9.63. The molecule has 46 heavy (non-hydrogen) atoms. The number of imidazole rings is 1. The normalized spacial score (nSPS) is 23.6.